The molecule has 1 aromatic heterocycles. The molecule has 1 fully saturated rings. The largest absolute Gasteiger partial charge is 0.465 e. The van der Waals surface area contributed by atoms with Gasteiger partial charge in [-0.15, -0.1) is 0 Å². The zero-order valence-electron chi connectivity index (χ0n) is 24.9. The second-order valence-corrected chi connectivity index (χ2v) is 12.2. The Kier molecular flexibility index (Phi) is 7.64. The number of esters is 1. The summed E-state index contributed by atoms with van der Waals surface area (Å²) < 4.78 is 4.91. The number of hydrogen-bond acceptors (Lipinski definition) is 8. The fraction of sp³-hybridized carbons (Fsp3) is 0.353. The number of rotatable bonds is 5. The maximum absolute atomic E-state index is 14.0. The first-order valence-corrected chi connectivity index (χ1v) is 14.7. The van der Waals surface area contributed by atoms with Crippen molar-refractivity contribution in [2.75, 3.05) is 55.0 Å². The van der Waals surface area contributed by atoms with E-state index in [0.29, 0.717) is 50.2 Å². The molecule has 3 aromatic rings. The molecule has 1 atom stereocenters. The Hall–Kier alpha value is -4.66. The number of hydrogen-bond donors (Lipinski definition) is 1. The van der Waals surface area contributed by atoms with Crippen LogP contribution in [0.5, 0.6) is 0 Å². The summed E-state index contributed by atoms with van der Waals surface area (Å²) in [6, 6.07) is 20.4. The van der Waals surface area contributed by atoms with Crippen molar-refractivity contribution in [1.82, 2.24) is 9.88 Å². The number of benzene rings is 2. The number of carbonyl (C=O) groups is 3. The number of carbonyl (C=O) groups excluding carboxylic acids is 3. The molecule has 3 aliphatic rings. The minimum absolute atomic E-state index is 0.000655. The van der Waals surface area contributed by atoms with Gasteiger partial charge in [-0.1, -0.05) is 44.2 Å². The maximum atomic E-state index is 14.0. The third-order valence-corrected chi connectivity index (χ3v) is 8.56. The number of para-hydroxylation sites is 2. The van der Waals surface area contributed by atoms with Crippen molar-refractivity contribution in [3.63, 3.8) is 0 Å². The highest BCUT2D eigenvalue weighted by atomic mass is 16.5. The molecule has 1 N–H and O–H groups in total. The average Bonchev–Trinajstić information content (AvgIpc) is 3.15. The number of piperazine rings is 1. The number of anilines is 3. The lowest BCUT2D eigenvalue weighted by Crippen LogP contribution is -2.52. The van der Waals surface area contributed by atoms with E-state index in [-0.39, 0.29) is 23.7 Å². The Morgan fingerprint density at radius 1 is 0.953 bits per heavy atom. The summed E-state index contributed by atoms with van der Waals surface area (Å²) in [6.07, 6.45) is 2.90. The molecule has 1 amide bonds. The van der Waals surface area contributed by atoms with Crippen molar-refractivity contribution in [2.24, 2.45) is 5.41 Å². The molecule has 1 aliphatic carbocycles. The molecule has 0 radical (unpaired) electrons. The van der Waals surface area contributed by atoms with Crippen molar-refractivity contribution in [3.8, 4) is 0 Å². The third-order valence-electron chi connectivity index (χ3n) is 8.56. The summed E-state index contributed by atoms with van der Waals surface area (Å²) in [6.45, 7) is 6.88. The van der Waals surface area contributed by atoms with Gasteiger partial charge in [0.05, 0.1) is 36.6 Å². The molecule has 1 saturated heterocycles. The van der Waals surface area contributed by atoms with Crippen LogP contribution in [-0.2, 0) is 14.3 Å². The standard InChI is InChI=1S/C34H37N5O4/c1-34(2)20-26-31(28(40)21-34)32(23-11-13-24(14-12-23)33(42)43-3)39(27-9-5-4-8-25(27)36-26)22-30(41)38-18-16-37(17-19-38)29-10-6-7-15-35-29/h4-15,32,36H,16-22H2,1-3H3. The highest BCUT2D eigenvalue weighted by Crippen LogP contribution is 2.48. The van der Waals surface area contributed by atoms with Crippen LogP contribution in [0.3, 0.4) is 0 Å². The van der Waals surface area contributed by atoms with E-state index in [4.69, 9.17) is 4.74 Å². The van der Waals surface area contributed by atoms with Gasteiger partial charge in [-0.25, -0.2) is 9.78 Å². The molecule has 2 aromatic carbocycles. The Morgan fingerprint density at radius 2 is 1.67 bits per heavy atom. The first-order valence-electron chi connectivity index (χ1n) is 14.7. The van der Waals surface area contributed by atoms with Crippen LogP contribution in [0.2, 0.25) is 0 Å². The molecule has 9 nitrogen and oxygen atoms in total. The normalized spacial score (nSPS) is 19.7. The molecule has 9 heteroatoms. The van der Waals surface area contributed by atoms with Gasteiger partial charge < -0.3 is 24.8 Å². The van der Waals surface area contributed by atoms with E-state index in [1.54, 1.807) is 18.3 Å². The fourth-order valence-electron chi connectivity index (χ4n) is 6.46. The first-order chi connectivity index (χ1) is 20.7. The summed E-state index contributed by atoms with van der Waals surface area (Å²) >= 11 is 0. The quantitative estimate of drug-likeness (QED) is 0.430. The topological polar surface area (TPSA) is 95.1 Å². The fourth-order valence-corrected chi connectivity index (χ4v) is 6.46. The Bertz CT molecular complexity index is 1560. The van der Waals surface area contributed by atoms with Crippen molar-refractivity contribution in [2.45, 2.75) is 32.7 Å². The van der Waals surface area contributed by atoms with Gasteiger partial charge in [-0.05, 0) is 53.8 Å². The van der Waals surface area contributed by atoms with Crippen LogP contribution in [0.1, 0.15) is 48.7 Å². The Morgan fingerprint density at radius 3 is 2.37 bits per heavy atom. The smallest absolute Gasteiger partial charge is 0.337 e. The van der Waals surface area contributed by atoms with Crippen molar-refractivity contribution < 1.29 is 19.1 Å². The SMILES string of the molecule is COC(=O)c1ccc(C2C3=C(CC(C)(C)CC3=O)Nc3ccccc3N2CC(=O)N2CCN(c3ccccn3)CC2)cc1. The zero-order chi connectivity index (χ0) is 30.1. The Balaban J connectivity index is 1.37. The molecule has 6 rings (SSSR count). The molecule has 0 bridgehead atoms. The number of nitrogens with zero attached hydrogens (tertiary/aromatic N) is 4. The van der Waals surface area contributed by atoms with E-state index >= 15 is 0 Å². The monoisotopic (exact) mass is 579 g/mol. The third kappa shape index (κ3) is 5.71. The number of nitrogens with one attached hydrogen (secondary N) is 1. The van der Waals surface area contributed by atoms with Gasteiger partial charge in [0.25, 0.3) is 0 Å². The second kappa shape index (κ2) is 11.6. The number of Topliss-reactive ketones (excluding diaryl/α,β-unsaturated/α-hetero) is 1. The van der Waals surface area contributed by atoms with Crippen LogP contribution in [0.25, 0.3) is 0 Å². The number of methoxy groups -OCH3 is 1. The van der Waals surface area contributed by atoms with Gasteiger partial charge in [-0.3, -0.25) is 9.59 Å². The summed E-state index contributed by atoms with van der Waals surface area (Å²) in [4.78, 5) is 50.8. The van der Waals surface area contributed by atoms with E-state index in [9.17, 15) is 14.4 Å². The van der Waals surface area contributed by atoms with Crippen molar-refractivity contribution in [3.05, 3.63) is 95.3 Å². The number of fused-ring (bicyclic) bond motifs is 1. The van der Waals surface area contributed by atoms with E-state index < -0.39 is 12.0 Å². The number of pyridine rings is 1. The highest BCUT2D eigenvalue weighted by Gasteiger charge is 2.42. The van der Waals surface area contributed by atoms with Crippen molar-refractivity contribution in [1.29, 1.82) is 0 Å². The second-order valence-electron chi connectivity index (χ2n) is 12.2. The van der Waals surface area contributed by atoms with Gasteiger partial charge in [0.15, 0.2) is 5.78 Å². The molecule has 0 saturated carbocycles. The number of amides is 1. The molecule has 1 unspecified atom stereocenters. The van der Waals surface area contributed by atoms with Crippen LogP contribution in [0, 0.1) is 5.41 Å². The number of ketones is 1. The van der Waals surface area contributed by atoms with Crippen LogP contribution in [0.4, 0.5) is 17.2 Å². The van der Waals surface area contributed by atoms with Crippen LogP contribution >= 0.6 is 0 Å². The van der Waals surface area contributed by atoms with Crippen LogP contribution in [-0.4, -0.2) is 67.4 Å². The predicted molar refractivity (Wildman–Crippen MR) is 166 cm³/mol. The minimum atomic E-state index is -0.514. The number of ether oxygens (including phenoxy) is 1. The molecule has 2 aliphatic heterocycles. The lowest BCUT2D eigenvalue weighted by Gasteiger charge is -2.40. The van der Waals surface area contributed by atoms with E-state index in [0.717, 1.165) is 28.5 Å². The number of allylic oxidation sites excluding steroid dienone is 1. The summed E-state index contributed by atoms with van der Waals surface area (Å²) in [5.41, 5.74) is 4.34. The first kappa shape index (κ1) is 28.5. The summed E-state index contributed by atoms with van der Waals surface area (Å²) in [5, 5.41) is 3.60. The molecular formula is C34H37N5O4. The van der Waals surface area contributed by atoms with Gasteiger partial charge in [0.1, 0.15) is 5.82 Å². The van der Waals surface area contributed by atoms with E-state index in [1.807, 2.05) is 59.5 Å². The molecule has 43 heavy (non-hydrogen) atoms. The minimum Gasteiger partial charge on any atom is -0.465 e. The van der Waals surface area contributed by atoms with Gasteiger partial charge in [0, 0.05) is 50.1 Å². The van der Waals surface area contributed by atoms with Crippen LogP contribution in [0.15, 0.2) is 84.2 Å². The number of aromatic nitrogens is 1. The molecule has 0 spiro atoms. The predicted octanol–water partition coefficient (Wildman–Crippen LogP) is 4.83. The maximum Gasteiger partial charge on any atom is 0.337 e. The summed E-state index contributed by atoms with van der Waals surface area (Å²) in [7, 11) is 1.35. The molecule has 3 heterocycles. The van der Waals surface area contributed by atoms with Gasteiger partial charge in [0.2, 0.25) is 5.91 Å². The molecular weight excluding hydrogens is 542 g/mol. The lowest BCUT2D eigenvalue weighted by atomic mass is 9.73. The highest BCUT2D eigenvalue weighted by molar-refractivity contribution is 6.02. The average molecular weight is 580 g/mol. The summed E-state index contributed by atoms with van der Waals surface area (Å²) in [5.74, 6) is 0.553. The Labute approximate surface area is 252 Å². The van der Waals surface area contributed by atoms with E-state index in [1.165, 1.54) is 7.11 Å². The van der Waals surface area contributed by atoms with Crippen molar-refractivity contribution >= 4 is 34.9 Å². The van der Waals surface area contributed by atoms with Gasteiger partial charge >= 0.3 is 5.97 Å². The zero-order valence-corrected chi connectivity index (χ0v) is 24.9. The lowest BCUT2D eigenvalue weighted by molar-refractivity contribution is -0.130. The van der Waals surface area contributed by atoms with E-state index in [2.05, 4.69) is 33.9 Å². The van der Waals surface area contributed by atoms with Gasteiger partial charge in [-0.2, -0.15) is 0 Å². The molecule has 222 valence electrons. The van der Waals surface area contributed by atoms with Crippen LogP contribution < -0.4 is 15.1 Å².